The van der Waals surface area contributed by atoms with Crippen molar-refractivity contribution in [1.82, 2.24) is 0 Å². The van der Waals surface area contributed by atoms with Crippen molar-refractivity contribution in [1.29, 1.82) is 0 Å². The van der Waals surface area contributed by atoms with Crippen LogP contribution in [0.2, 0.25) is 4.34 Å². The number of rotatable bonds is 6. The average molecular weight is 351 g/mol. The van der Waals surface area contributed by atoms with Crippen molar-refractivity contribution in [3.05, 3.63) is 61.9 Å². The Morgan fingerprint density at radius 1 is 1.22 bits per heavy atom. The summed E-state index contributed by atoms with van der Waals surface area (Å²) in [5.41, 5.74) is 4.29. The summed E-state index contributed by atoms with van der Waals surface area (Å²) in [5, 5.41) is 0. The molecule has 2 nitrogen and oxygen atoms in total. The summed E-state index contributed by atoms with van der Waals surface area (Å²) in [6.45, 7) is 10.2. The first-order valence-corrected chi connectivity index (χ1v) is 8.68. The van der Waals surface area contributed by atoms with Gasteiger partial charge in [0.05, 0.1) is 10.9 Å². The molecule has 0 amide bonds. The van der Waals surface area contributed by atoms with Crippen molar-refractivity contribution in [2.24, 2.45) is 0 Å². The molecule has 0 fully saturated rings. The molecule has 23 heavy (non-hydrogen) atoms. The highest BCUT2D eigenvalue weighted by molar-refractivity contribution is 7.16. The molecule has 0 aliphatic carbocycles. The van der Waals surface area contributed by atoms with Crippen LogP contribution in [0.5, 0.6) is 0 Å². The molecule has 0 spiro atoms. The summed E-state index contributed by atoms with van der Waals surface area (Å²) >= 11 is 7.76. The average Bonchev–Trinajstić information content (AvgIpc) is 2.70. The zero-order valence-electron chi connectivity index (χ0n) is 14.3. The third-order valence-corrected chi connectivity index (χ3v) is 4.71. The van der Waals surface area contributed by atoms with Crippen molar-refractivity contribution in [2.75, 3.05) is 6.61 Å². The molecule has 0 unspecified atom stereocenters. The van der Waals surface area contributed by atoms with E-state index in [1.165, 1.54) is 16.5 Å². The van der Waals surface area contributed by atoms with Gasteiger partial charge in [-0.3, -0.25) is 0 Å². The Morgan fingerprint density at radius 2 is 1.91 bits per heavy atom. The molecular weight excluding hydrogens is 328 g/mol. The van der Waals surface area contributed by atoms with Gasteiger partial charge in [-0.1, -0.05) is 47.6 Å². The second-order valence-electron chi connectivity index (χ2n) is 5.21. The zero-order valence-corrected chi connectivity index (χ0v) is 15.8. The van der Waals surface area contributed by atoms with Crippen molar-refractivity contribution in [3.63, 3.8) is 0 Å². The summed E-state index contributed by atoms with van der Waals surface area (Å²) in [5.74, 6) is -0.310. The van der Waals surface area contributed by atoms with Gasteiger partial charge in [0.15, 0.2) is 0 Å². The molecule has 1 heterocycles. The molecular formula is C19H23ClO2S. The molecule has 1 rings (SSSR count). The van der Waals surface area contributed by atoms with Gasteiger partial charge in [0, 0.05) is 11.0 Å². The Hall–Kier alpha value is -1.58. The molecule has 4 heteroatoms. The Kier molecular flexibility index (Phi) is 8.07. The minimum atomic E-state index is -0.310. The fourth-order valence-electron chi connectivity index (χ4n) is 1.92. The van der Waals surface area contributed by atoms with Crippen LogP contribution in [-0.4, -0.2) is 12.6 Å². The number of carbonyl (C=O) groups excluding carboxylic acids is 1. The Morgan fingerprint density at radius 3 is 2.48 bits per heavy atom. The van der Waals surface area contributed by atoms with E-state index in [4.69, 9.17) is 16.3 Å². The van der Waals surface area contributed by atoms with Crippen LogP contribution in [0, 0.1) is 13.8 Å². The van der Waals surface area contributed by atoms with E-state index in [9.17, 15) is 4.79 Å². The molecule has 0 N–H and O–H groups in total. The SMILES string of the molecule is CCOC(=O)C=C(C)/C=C/C=C(C)C=Cc1c(C)sc(Cl)c1C. The Labute approximate surface area is 147 Å². The van der Waals surface area contributed by atoms with E-state index >= 15 is 0 Å². The summed E-state index contributed by atoms with van der Waals surface area (Å²) in [6.07, 6.45) is 11.4. The summed E-state index contributed by atoms with van der Waals surface area (Å²) in [6, 6.07) is 0. The third kappa shape index (κ3) is 6.59. The first-order valence-electron chi connectivity index (χ1n) is 7.48. The maximum absolute atomic E-state index is 11.3. The van der Waals surface area contributed by atoms with Crippen LogP contribution in [0.4, 0.5) is 0 Å². The van der Waals surface area contributed by atoms with Gasteiger partial charge < -0.3 is 4.74 Å². The van der Waals surface area contributed by atoms with E-state index in [1.807, 2.05) is 39.0 Å². The lowest BCUT2D eigenvalue weighted by molar-refractivity contribution is -0.137. The van der Waals surface area contributed by atoms with Crippen LogP contribution in [0.15, 0.2) is 41.5 Å². The Bertz CT molecular complexity index is 676. The highest BCUT2D eigenvalue weighted by Crippen LogP contribution is 2.32. The highest BCUT2D eigenvalue weighted by Gasteiger charge is 2.07. The third-order valence-electron chi connectivity index (χ3n) is 3.18. The molecule has 124 valence electrons. The normalized spacial score (nSPS) is 13.3. The van der Waals surface area contributed by atoms with Gasteiger partial charge in [-0.05, 0) is 51.3 Å². The number of esters is 1. The van der Waals surface area contributed by atoms with Crippen LogP contribution in [-0.2, 0) is 9.53 Å². The number of thiophene rings is 1. The van der Waals surface area contributed by atoms with E-state index in [0.717, 1.165) is 21.0 Å². The second-order valence-corrected chi connectivity index (χ2v) is 7.04. The maximum atomic E-state index is 11.3. The number of ether oxygens (including phenoxy) is 1. The van der Waals surface area contributed by atoms with Crippen LogP contribution >= 0.6 is 22.9 Å². The molecule has 0 saturated heterocycles. The van der Waals surface area contributed by atoms with Crippen molar-refractivity contribution in [2.45, 2.75) is 34.6 Å². The quantitative estimate of drug-likeness (QED) is 0.355. The summed E-state index contributed by atoms with van der Waals surface area (Å²) in [7, 11) is 0. The largest absolute Gasteiger partial charge is 0.463 e. The molecule has 1 aromatic heterocycles. The van der Waals surface area contributed by atoms with Crippen molar-refractivity contribution in [3.8, 4) is 0 Å². The molecule has 1 aromatic rings. The van der Waals surface area contributed by atoms with Crippen LogP contribution < -0.4 is 0 Å². The minimum absolute atomic E-state index is 0.310. The van der Waals surface area contributed by atoms with E-state index in [1.54, 1.807) is 18.3 Å². The number of hydrogen-bond donors (Lipinski definition) is 0. The van der Waals surface area contributed by atoms with Gasteiger partial charge in [0.2, 0.25) is 0 Å². The first-order chi connectivity index (χ1) is 10.8. The fraction of sp³-hybridized carbons (Fsp3) is 0.316. The highest BCUT2D eigenvalue weighted by atomic mass is 35.5. The molecule has 0 aromatic carbocycles. The molecule has 0 aliphatic heterocycles. The molecule has 0 saturated carbocycles. The molecule has 0 bridgehead atoms. The van der Waals surface area contributed by atoms with Crippen LogP contribution in [0.1, 0.15) is 36.8 Å². The monoisotopic (exact) mass is 350 g/mol. The number of allylic oxidation sites excluding steroid dienone is 6. The topological polar surface area (TPSA) is 26.3 Å². The van der Waals surface area contributed by atoms with Gasteiger partial charge in [0.1, 0.15) is 0 Å². The van der Waals surface area contributed by atoms with E-state index < -0.39 is 0 Å². The molecule has 0 atom stereocenters. The van der Waals surface area contributed by atoms with Gasteiger partial charge in [-0.2, -0.15) is 0 Å². The standard InChI is InChI=1S/C19H23ClO2S/c1-6-22-18(21)12-14(3)9-7-8-13(2)10-11-17-15(4)19(20)23-16(17)5/h7-12H,6H2,1-5H3/b9-7+,11-10?,13-8?,14-12?. The van der Waals surface area contributed by atoms with Crippen LogP contribution in [0.3, 0.4) is 0 Å². The lowest BCUT2D eigenvalue weighted by Crippen LogP contribution is -1.99. The fourth-order valence-corrected chi connectivity index (χ4v) is 3.23. The predicted molar refractivity (Wildman–Crippen MR) is 101 cm³/mol. The number of hydrogen-bond acceptors (Lipinski definition) is 3. The van der Waals surface area contributed by atoms with Crippen LogP contribution in [0.25, 0.3) is 6.08 Å². The molecule has 0 radical (unpaired) electrons. The second kappa shape index (κ2) is 9.53. The Balaban J connectivity index is 2.72. The molecule has 0 aliphatic rings. The first kappa shape index (κ1) is 19.5. The van der Waals surface area contributed by atoms with E-state index in [-0.39, 0.29) is 5.97 Å². The maximum Gasteiger partial charge on any atom is 0.330 e. The van der Waals surface area contributed by atoms with E-state index in [0.29, 0.717) is 6.61 Å². The van der Waals surface area contributed by atoms with E-state index in [2.05, 4.69) is 19.1 Å². The number of carbonyl (C=O) groups is 1. The number of halogens is 1. The van der Waals surface area contributed by atoms with Crippen molar-refractivity contribution < 1.29 is 9.53 Å². The van der Waals surface area contributed by atoms with Crippen molar-refractivity contribution >= 4 is 35.0 Å². The summed E-state index contributed by atoms with van der Waals surface area (Å²) < 4.78 is 5.72. The smallest absolute Gasteiger partial charge is 0.330 e. The minimum Gasteiger partial charge on any atom is -0.463 e. The lowest BCUT2D eigenvalue weighted by Gasteiger charge is -1.96. The zero-order chi connectivity index (χ0) is 17.4. The van der Waals surface area contributed by atoms with Gasteiger partial charge in [-0.25, -0.2) is 4.79 Å². The predicted octanol–water partition coefficient (Wildman–Crippen LogP) is 6.04. The number of aryl methyl sites for hydroxylation is 1. The van der Waals surface area contributed by atoms with Gasteiger partial charge >= 0.3 is 5.97 Å². The summed E-state index contributed by atoms with van der Waals surface area (Å²) in [4.78, 5) is 12.5. The lowest BCUT2D eigenvalue weighted by atomic mass is 10.1. The van der Waals surface area contributed by atoms with Gasteiger partial charge in [-0.15, -0.1) is 11.3 Å². The van der Waals surface area contributed by atoms with Gasteiger partial charge in [0.25, 0.3) is 0 Å².